The second-order valence-electron chi connectivity index (χ2n) is 7.10. The summed E-state index contributed by atoms with van der Waals surface area (Å²) in [6.45, 7) is 2.93. The number of ether oxygens (including phenoxy) is 2. The lowest BCUT2D eigenvalue weighted by molar-refractivity contribution is 0.0728. The molecule has 31 heavy (non-hydrogen) atoms. The fourth-order valence-electron chi connectivity index (χ4n) is 2.89. The SMILES string of the molecule is CCCCCCOc1ccc(C=Nc2ccc(C(=O)Oc3ccccc3F)cc2)cc1. The quantitative estimate of drug-likeness (QED) is 0.158. The first-order valence-corrected chi connectivity index (χ1v) is 10.5. The lowest BCUT2D eigenvalue weighted by Crippen LogP contribution is -2.09. The minimum atomic E-state index is -0.620. The van der Waals surface area contributed by atoms with E-state index >= 15 is 0 Å². The van der Waals surface area contributed by atoms with Crippen LogP contribution in [0.15, 0.2) is 77.8 Å². The van der Waals surface area contributed by atoms with Crippen LogP contribution in [-0.4, -0.2) is 18.8 Å². The van der Waals surface area contributed by atoms with Crippen molar-refractivity contribution in [2.75, 3.05) is 6.61 Å². The normalized spacial score (nSPS) is 10.9. The van der Waals surface area contributed by atoms with Gasteiger partial charge in [0.1, 0.15) is 5.75 Å². The van der Waals surface area contributed by atoms with Gasteiger partial charge in [-0.3, -0.25) is 4.99 Å². The molecule has 0 saturated carbocycles. The van der Waals surface area contributed by atoms with Crippen molar-refractivity contribution in [2.45, 2.75) is 32.6 Å². The van der Waals surface area contributed by atoms with Gasteiger partial charge in [-0.1, -0.05) is 38.3 Å². The lowest BCUT2D eigenvalue weighted by atomic mass is 10.2. The fourth-order valence-corrected chi connectivity index (χ4v) is 2.89. The number of rotatable bonds is 10. The highest BCUT2D eigenvalue weighted by Crippen LogP contribution is 2.19. The molecule has 0 heterocycles. The zero-order chi connectivity index (χ0) is 21.9. The van der Waals surface area contributed by atoms with Gasteiger partial charge in [-0.2, -0.15) is 0 Å². The number of nitrogens with zero attached hydrogens (tertiary/aromatic N) is 1. The van der Waals surface area contributed by atoms with Crippen molar-refractivity contribution in [1.29, 1.82) is 0 Å². The van der Waals surface area contributed by atoms with Crippen LogP contribution in [0, 0.1) is 5.82 Å². The van der Waals surface area contributed by atoms with Crippen LogP contribution in [0.2, 0.25) is 0 Å². The van der Waals surface area contributed by atoms with Crippen molar-refractivity contribution in [3.05, 3.63) is 89.7 Å². The molecule has 0 aliphatic heterocycles. The summed E-state index contributed by atoms with van der Waals surface area (Å²) in [5.41, 5.74) is 1.96. The molecule has 0 atom stereocenters. The summed E-state index contributed by atoms with van der Waals surface area (Å²) in [5.74, 6) is -0.440. The van der Waals surface area contributed by atoms with Crippen LogP contribution in [0.3, 0.4) is 0 Å². The average molecular weight is 419 g/mol. The average Bonchev–Trinajstić information content (AvgIpc) is 2.80. The molecule has 0 fully saturated rings. The molecule has 4 nitrogen and oxygen atoms in total. The number of halogens is 1. The Labute approximate surface area is 182 Å². The highest BCUT2D eigenvalue weighted by Gasteiger charge is 2.11. The second kappa shape index (κ2) is 11.6. The summed E-state index contributed by atoms with van der Waals surface area (Å²) in [4.78, 5) is 16.6. The van der Waals surface area contributed by atoms with E-state index < -0.39 is 11.8 Å². The van der Waals surface area contributed by atoms with Gasteiger partial charge in [-0.25, -0.2) is 9.18 Å². The standard InChI is InChI=1S/C26H26FNO3/c1-2-3-4-7-18-30-23-16-10-20(11-17-23)19-28-22-14-12-21(13-15-22)26(29)31-25-9-6-5-8-24(25)27/h5-6,8-17,19H,2-4,7,18H2,1H3. The summed E-state index contributed by atoms with van der Waals surface area (Å²) < 4.78 is 24.5. The Morgan fingerprint density at radius 2 is 1.68 bits per heavy atom. The molecule has 5 heteroatoms. The van der Waals surface area contributed by atoms with Crippen LogP contribution < -0.4 is 9.47 Å². The monoisotopic (exact) mass is 419 g/mol. The number of unbranched alkanes of at least 4 members (excludes halogenated alkanes) is 3. The molecule has 0 aromatic heterocycles. The van der Waals surface area contributed by atoms with E-state index in [9.17, 15) is 9.18 Å². The van der Waals surface area contributed by atoms with Crippen molar-refractivity contribution in [3.8, 4) is 11.5 Å². The third-order valence-corrected chi connectivity index (χ3v) is 4.65. The molecule has 3 aromatic rings. The molecule has 0 radical (unpaired) electrons. The Hall–Kier alpha value is -3.47. The molecule has 0 N–H and O–H groups in total. The van der Waals surface area contributed by atoms with Crippen molar-refractivity contribution in [2.24, 2.45) is 4.99 Å². The molecule has 0 saturated heterocycles. The summed E-state index contributed by atoms with van der Waals surface area (Å²) in [6, 6.07) is 20.2. The molecule has 160 valence electrons. The number of para-hydroxylation sites is 1. The van der Waals surface area contributed by atoms with Gasteiger partial charge in [-0.15, -0.1) is 0 Å². The fraction of sp³-hybridized carbons (Fsp3) is 0.231. The number of aliphatic imine (C=N–C) groups is 1. The Morgan fingerprint density at radius 1 is 0.935 bits per heavy atom. The summed E-state index contributed by atoms with van der Waals surface area (Å²) in [7, 11) is 0. The van der Waals surface area contributed by atoms with Gasteiger partial charge in [0.05, 0.1) is 17.9 Å². The maximum Gasteiger partial charge on any atom is 0.343 e. The summed E-state index contributed by atoms with van der Waals surface area (Å²) in [6.07, 6.45) is 6.47. The van der Waals surface area contributed by atoms with Crippen molar-refractivity contribution < 1.29 is 18.7 Å². The first-order chi connectivity index (χ1) is 15.2. The van der Waals surface area contributed by atoms with Crippen LogP contribution in [0.4, 0.5) is 10.1 Å². The van der Waals surface area contributed by atoms with Gasteiger partial charge >= 0.3 is 5.97 Å². The van der Waals surface area contributed by atoms with Crippen LogP contribution in [-0.2, 0) is 0 Å². The van der Waals surface area contributed by atoms with Gasteiger partial charge < -0.3 is 9.47 Å². The Bertz CT molecular complexity index is 998. The maximum atomic E-state index is 13.6. The van der Waals surface area contributed by atoms with Crippen molar-refractivity contribution >= 4 is 17.9 Å². The second-order valence-corrected chi connectivity index (χ2v) is 7.10. The third-order valence-electron chi connectivity index (χ3n) is 4.65. The number of hydrogen-bond donors (Lipinski definition) is 0. The van der Waals surface area contributed by atoms with E-state index in [1.165, 1.54) is 37.5 Å². The minimum Gasteiger partial charge on any atom is -0.494 e. The van der Waals surface area contributed by atoms with Crippen molar-refractivity contribution in [3.63, 3.8) is 0 Å². The van der Waals surface area contributed by atoms with Gasteiger partial charge in [-0.05, 0) is 72.6 Å². The topological polar surface area (TPSA) is 47.9 Å². The predicted molar refractivity (Wildman–Crippen MR) is 121 cm³/mol. The number of esters is 1. The molecular formula is C26H26FNO3. The molecule has 0 aliphatic carbocycles. The van der Waals surface area contributed by atoms with E-state index in [1.54, 1.807) is 36.5 Å². The van der Waals surface area contributed by atoms with E-state index in [2.05, 4.69) is 11.9 Å². The predicted octanol–water partition coefficient (Wildman–Crippen LogP) is 6.75. The Kier molecular flexibility index (Phi) is 8.35. The molecule has 0 amide bonds. The highest BCUT2D eigenvalue weighted by molar-refractivity contribution is 5.91. The van der Waals surface area contributed by atoms with Crippen molar-refractivity contribution in [1.82, 2.24) is 0 Å². The first kappa shape index (κ1) is 22.2. The van der Waals surface area contributed by atoms with Gasteiger partial charge in [0.25, 0.3) is 0 Å². The Morgan fingerprint density at radius 3 is 2.39 bits per heavy atom. The van der Waals surface area contributed by atoms with Crippen LogP contribution in [0.5, 0.6) is 11.5 Å². The molecule has 0 unspecified atom stereocenters. The van der Waals surface area contributed by atoms with E-state index in [0.717, 1.165) is 24.3 Å². The number of benzene rings is 3. The summed E-state index contributed by atoms with van der Waals surface area (Å²) >= 11 is 0. The zero-order valence-corrected chi connectivity index (χ0v) is 17.6. The third kappa shape index (κ3) is 7.07. The lowest BCUT2D eigenvalue weighted by Gasteiger charge is -2.06. The van der Waals surface area contributed by atoms with E-state index in [0.29, 0.717) is 11.3 Å². The number of hydrogen-bond acceptors (Lipinski definition) is 4. The Balaban J connectivity index is 1.52. The van der Waals surface area contributed by atoms with Crippen LogP contribution in [0.25, 0.3) is 0 Å². The molecule has 3 aromatic carbocycles. The number of carbonyl (C=O) groups is 1. The van der Waals surface area contributed by atoms with E-state index in [4.69, 9.17) is 9.47 Å². The molecule has 0 aliphatic rings. The van der Waals surface area contributed by atoms with Crippen LogP contribution >= 0.6 is 0 Å². The van der Waals surface area contributed by atoms with E-state index in [-0.39, 0.29) is 5.75 Å². The van der Waals surface area contributed by atoms with Gasteiger partial charge in [0, 0.05) is 6.21 Å². The van der Waals surface area contributed by atoms with E-state index in [1.807, 2.05) is 24.3 Å². The first-order valence-electron chi connectivity index (χ1n) is 10.5. The van der Waals surface area contributed by atoms with Gasteiger partial charge in [0.15, 0.2) is 11.6 Å². The largest absolute Gasteiger partial charge is 0.494 e. The van der Waals surface area contributed by atoms with Crippen LogP contribution in [0.1, 0.15) is 48.5 Å². The molecule has 0 spiro atoms. The number of carbonyl (C=O) groups excluding carboxylic acids is 1. The molecule has 3 rings (SSSR count). The molecule has 0 bridgehead atoms. The highest BCUT2D eigenvalue weighted by atomic mass is 19.1. The minimum absolute atomic E-state index is 0.0945. The maximum absolute atomic E-state index is 13.6. The zero-order valence-electron chi connectivity index (χ0n) is 17.6. The molecular weight excluding hydrogens is 393 g/mol. The smallest absolute Gasteiger partial charge is 0.343 e. The van der Waals surface area contributed by atoms with Gasteiger partial charge in [0.2, 0.25) is 0 Å². The summed E-state index contributed by atoms with van der Waals surface area (Å²) in [5, 5.41) is 0.